The van der Waals surface area contributed by atoms with Gasteiger partial charge in [-0.2, -0.15) is 4.57 Å². The maximum atomic E-state index is 11.7. The van der Waals surface area contributed by atoms with Crippen LogP contribution in [0.4, 0.5) is 0 Å². The van der Waals surface area contributed by atoms with Gasteiger partial charge in [0.15, 0.2) is 12.4 Å². The third kappa shape index (κ3) is 5.48. The summed E-state index contributed by atoms with van der Waals surface area (Å²) in [5, 5.41) is 2.95. The first kappa shape index (κ1) is 13.7. The number of nitrogens with zero attached hydrogens (tertiary/aromatic N) is 1. The highest BCUT2D eigenvalue weighted by Gasteiger charge is 2.16. The Kier molecular flexibility index (Phi) is 4.67. The number of aryl methyl sites for hydroxylation is 1. The summed E-state index contributed by atoms with van der Waals surface area (Å²) in [4.78, 5) is 11.7. The number of hydrogen-bond donors (Lipinski definition) is 1. The van der Waals surface area contributed by atoms with Gasteiger partial charge in [-0.15, -0.1) is 0 Å². The van der Waals surface area contributed by atoms with Gasteiger partial charge in [-0.3, -0.25) is 4.79 Å². The molecule has 0 saturated heterocycles. The zero-order valence-corrected chi connectivity index (χ0v) is 11.3. The summed E-state index contributed by atoms with van der Waals surface area (Å²) >= 11 is 0. The highest BCUT2D eigenvalue weighted by atomic mass is 16.2. The minimum Gasteiger partial charge on any atom is -0.346 e. The van der Waals surface area contributed by atoms with Gasteiger partial charge in [0.05, 0.1) is 0 Å². The van der Waals surface area contributed by atoms with Crippen LogP contribution in [0.25, 0.3) is 0 Å². The molecule has 0 saturated carbocycles. The third-order valence-corrected chi connectivity index (χ3v) is 2.34. The fraction of sp³-hybridized carbons (Fsp3) is 0.571. The molecular weight excluding hydrogens is 212 g/mol. The first-order valence-corrected chi connectivity index (χ1v) is 6.19. The lowest BCUT2D eigenvalue weighted by molar-refractivity contribution is -0.684. The normalized spacial score (nSPS) is 11.3. The van der Waals surface area contributed by atoms with Crippen molar-refractivity contribution < 1.29 is 9.36 Å². The van der Waals surface area contributed by atoms with E-state index in [9.17, 15) is 4.79 Å². The first-order valence-electron chi connectivity index (χ1n) is 6.19. The molecule has 1 heterocycles. The molecule has 0 aliphatic carbocycles. The van der Waals surface area contributed by atoms with Crippen LogP contribution < -0.4 is 9.88 Å². The molecule has 3 nitrogen and oxygen atoms in total. The van der Waals surface area contributed by atoms with Gasteiger partial charge in [-0.05, 0) is 32.8 Å². The van der Waals surface area contributed by atoms with E-state index < -0.39 is 0 Å². The zero-order valence-electron chi connectivity index (χ0n) is 11.3. The smallest absolute Gasteiger partial charge is 0.286 e. The molecule has 0 fully saturated rings. The Balaban J connectivity index is 2.54. The molecule has 0 bridgehead atoms. The highest BCUT2D eigenvalue weighted by molar-refractivity contribution is 5.75. The van der Waals surface area contributed by atoms with Gasteiger partial charge in [-0.1, -0.05) is 13.3 Å². The van der Waals surface area contributed by atoms with Crippen LogP contribution in [0, 0.1) is 0 Å². The Labute approximate surface area is 104 Å². The van der Waals surface area contributed by atoms with Crippen molar-refractivity contribution in [3.63, 3.8) is 0 Å². The van der Waals surface area contributed by atoms with Gasteiger partial charge in [-0.25, -0.2) is 0 Å². The number of carbonyl (C=O) groups excluding carboxylic acids is 1. The summed E-state index contributed by atoms with van der Waals surface area (Å²) in [5.74, 6) is 0.0470. The third-order valence-electron chi connectivity index (χ3n) is 2.34. The largest absolute Gasteiger partial charge is 0.346 e. The van der Waals surface area contributed by atoms with Crippen LogP contribution in [0.2, 0.25) is 0 Å². The molecule has 1 N–H and O–H groups in total. The van der Waals surface area contributed by atoms with Gasteiger partial charge < -0.3 is 5.32 Å². The van der Waals surface area contributed by atoms with Crippen molar-refractivity contribution in [2.24, 2.45) is 0 Å². The summed E-state index contributed by atoms with van der Waals surface area (Å²) < 4.78 is 1.90. The molecule has 0 aromatic carbocycles. The van der Waals surface area contributed by atoms with Gasteiger partial charge in [0.1, 0.15) is 0 Å². The number of amides is 1. The average molecular weight is 235 g/mol. The van der Waals surface area contributed by atoms with E-state index in [-0.39, 0.29) is 11.4 Å². The predicted molar refractivity (Wildman–Crippen MR) is 68.5 cm³/mol. The number of hydrogen-bond acceptors (Lipinski definition) is 1. The first-order chi connectivity index (χ1) is 7.90. The summed E-state index contributed by atoms with van der Waals surface area (Å²) in [5.41, 5.74) is 1.15. The second-order valence-corrected chi connectivity index (χ2v) is 5.43. The van der Waals surface area contributed by atoms with Crippen LogP contribution in [0.5, 0.6) is 0 Å². The van der Waals surface area contributed by atoms with Crippen LogP contribution in [-0.4, -0.2) is 11.4 Å². The van der Waals surface area contributed by atoms with Crippen molar-refractivity contribution in [3.05, 3.63) is 30.1 Å². The second kappa shape index (κ2) is 5.80. The Hall–Kier alpha value is -1.38. The van der Waals surface area contributed by atoms with E-state index >= 15 is 0 Å². The van der Waals surface area contributed by atoms with Crippen LogP contribution in [0.15, 0.2) is 24.5 Å². The Morgan fingerprint density at radius 2 is 1.88 bits per heavy atom. The topological polar surface area (TPSA) is 33.0 Å². The molecule has 1 aromatic rings. The molecule has 0 unspecified atom stereocenters. The van der Waals surface area contributed by atoms with Crippen LogP contribution in [0.1, 0.15) is 39.7 Å². The molecule has 0 spiro atoms. The number of nitrogens with one attached hydrogen (secondary N) is 1. The summed E-state index contributed by atoms with van der Waals surface area (Å²) in [6.45, 7) is 8.50. The van der Waals surface area contributed by atoms with Gasteiger partial charge >= 0.3 is 0 Å². The molecule has 0 atom stereocenters. The number of pyridine rings is 1. The molecule has 94 valence electrons. The number of aromatic nitrogens is 1. The molecule has 1 aromatic heterocycles. The Bertz CT molecular complexity index is 363. The van der Waals surface area contributed by atoms with Crippen LogP contribution in [-0.2, 0) is 17.8 Å². The van der Waals surface area contributed by atoms with Gasteiger partial charge in [0, 0.05) is 17.7 Å². The van der Waals surface area contributed by atoms with Crippen molar-refractivity contribution in [2.45, 2.75) is 52.6 Å². The number of carbonyl (C=O) groups is 1. The van der Waals surface area contributed by atoms with E-state index in [1.54, 1.807) is 0 Å². The monoisotopic (exact) mass is 235 g/mol. The quantitative estimate of drug-likeness (QED) is 0.794. The maximum Gasteiger partial charge on any atom is 0.286 e. The van der Waals surface area contributed by atoms with Crippen molar-refractivity contribution in [1.29, 1.82) is 0 Å². The fourth-order valence-electron chi connectivity index (χ4n) is 1.67. The SMILES string of the molecule is CCCc1cc[n+](CC(=O)NC(C)(C)C)cc1. The van der Waals surface area contributed by atoms with E-state index in [1.165, 1.54) is 5.56 Å². The van der Waals surface area contributed by atoms with E-state index in [0.717, 1.165) is 12.8 Å². The lowest BCUT2D eigenvalue weighted by Crippen LogP contribution is -2.48. The summed E-state index contributed by atoms with van der Waals surface area (Å²) in [6.07, 6.45) is 6.17. The van der Waals surface area contributed by atoms with E-state index in [0.29, 0.717) is 6.54 Å². The molecule has 1 rings (SSSR count). The molecule has 3 heteroatoms. The van der Waals surface area contributed by atoms with Crippen molar-refractivity contribution in [3.8, 4) is 0 Å². The van der Waals surface area contributed by atoms with Crippen LogP contribution >= 0.6 is 0 Å². The summed E-state index contributed by atoms with van der Waals surface area (Å²) in [6, 6.07) is 4.15. The molecule has 0 aliphatic rings. The van der Waals surface area contributed by atoms with Crippen LogP contribution in [0.3, 0.4) is 0 Å². The average Bonchev–Trinajstić information content (AvgIpc) is 2.18. The molecule has 0 aliphatic heterocycles. The fourth-order valence-corrected chi connectivity index (χ4v) is 1.67. The molecule has 17 heavy (non-hydrogen) atoms. The summed E-state index contributed by atoms with van der Waals surface area (Å²) in [7, 11) is 0. The van der Waals surface area contributed by atoms with E-state index in [1.807, 2.05) is 37.7 Å². The van der Waals surface area contributed by atoms with Crippen molar-refractivity contribution >= 4 is 5.91 Å². The minimum atomic E-state index is -0.167. The molecule has 0 radical (unpaired) electrons. The predicted octanol–water partition coefficient (Wildman–Crippen LogP) is 1.84. The highest BCUT2D eigenvalue weighted by Crippen LogP contribution is 2.00. The van der Waals surface area contributed by atoms with Gasteiger partial charge in [0.2, 0.25) is 6.54 Å². The molecule has 1 amide bonds. The lowest BCUT2D eigenvalue weighted by Gasteiger charge is -2.19. The Morgan fingerprint density at radius 3 is 2.35 bits per heavy atom. The van der Waals surface area contributed by atoms with Crippen molar-refractivity contribution in [1.82, 2.24) is 5.32 Å². The van der Waals surface area contributed by atoms with Crippen molar-refractivity contribution in [2.75, 3.05) is 0 Å². The van der Waals surface area contributed by atoms with E-state index in [4.69, 9.17) is 0 Å². The standard InChI is InChI=1S/C14H22N2O/c1-5-6-12-7-9-16(10-8-12)11-13(17)15-14(2,3)4/h7-10H,5-6,11H2,1-4H3/p+1. The molecular formula is C14H23N2O+. The number of rotatable bonds is 4. The minimum absolute atomic E-state index is 0.0470. The zero-order chi connectivity index (χ0) is 12.9. The van der Waals surface area contributed by atoms with E-state index in [2.05, 4.69) is 24.4 Å². The lowest BCUT2D eigenvalue weighted by atomic mass is 10.1. The second-order valence-electron chi connectivity index (χ2n) is 5.43. The maximum absolute atomic E-state index is 11.7. The van der Waals surface area contributed by atoms with Gasteiger partial charge in [0.25, 0.3) is 5.91 Å². The Morgan fingerprint density at radius 1 is 1.29 bits per heavy atom.